The SMILES string of the molecule is CC(C)(C)C(=O)CCN=C(N)N. The average Bonchev–Trinajstić information content (AvgIpc) is 1.84. The van der Waals surface area contributed by atoms with Crippen molar-refractivity contribution < 1.29 is 4.79 Å². The van der Waals surface area contributed by atoms with Crippen LogP contribution < -0.4 is 11.5 Å². The second-order valence-corrected chi connectivity index (χ2v) is 3.73. The van der Waals surface area contributed by atoms with Gasteiger partial charge in [0.05, 0.1) is 0 Å². The standard InChI is InChI=1S/C8H17N3O/c1-8(2,3)6(12)4-5-11-7(9)10/h4-5H2,1-3H3,(H4,9,10,11). The molecule has 0 aliphatic rings. The highest BCUT2D eigenvalue weighted by atomic mass is 16.1. The van der Waals surface area contributed by atoms with Crippen molar-refractivity contribution in [1.29, 1.82) is 0 Å². The highest BCUT2D eigenvalue weighted by molar-refractivity contribution is 5.84. The van der Waals surface area contributed by atoms with Gasteiger partial charge in [0, 0.05) is 18.4 Å². The van der Waals surface area contributed by atoms with Gasteiger partial charge in [0.1, 0.15) is 5.78 Å². The van der Waals surface area contributed by atoms with Crippen LogP contribution in [-0.2, 0) is 4.79 Å². The zero-order valence-electron chi connectivity index (χ0n) is 7.92. The van der Waals surface area contributed by atoms with E-state index in [-0.39, 0.29) is 17.2 Å². The number of nitrogens with two attached hydrogens (primary N) is 2. The van der Waals surface area contributed by atoms with E-state index in [4.69, 9.17) is 11.5 Å². The summed E-state index contributed by atoms with van der Waals surface area (Å²) in [5.41, 5.74) is 9.92. The molecule has 12 heavy (non-hydrogen) atoms. The van der Waals surface area contributed by atoms with Crippen LogP contribution in [0, 0.1) is 5.41 Å². The minimum Gasteiger partial charge on any atom is -0.370 e. The number of Topliss-reactive ketones (excluding diaryl/α,β-unsaturated/α-hetero) is 1. The third-order valence-corrected chi connectivity index (χ3v) is 1.47. The molecule has 4 N–H and O–H groups in total. The van der Waals surface area contributed by atoms with Gasteiger partial charge in [0.25, 0.3) is 0 Å². The minimum atomic E-state index is -0.293. The smallest absolute Gasteiger partial charge is 0.185 e. The van der Waals surface area contributed by atoms with E-state index >= 15 is 0 Å². The van der Waals surface area contributed by atoms with E-state index in [1.54, 1.807) is 0 Å². The first-order valence-corrected chi connectivity index (χ1v) is 3.92. The summed E-state index contributed by atoms with van der Waals surface area (Å²) in [4.78, 5) is 15.0. The molecule has 70 valence electrons. The summed E-state index contributed by atoms with van der Waals surface area (Å²) in [6, 6.07) is 0. The number of nitrogens with zero attached hydrogens (tertiary/aromatic N) is 1. The van der Waals surface area contributed by atoms with Gasteiger partial charge in [0.15, 0.2) is 5.96 Å². The van der Waals surface area contributed by atoms with Gasteiger partial charge in [0.2, 0.25) is 0 Å². The first-order valence-electron chi connectivity index (χ1n) is 3.92. The van der Waals surface area contributed by atoms with E-state index in [0.29, 0.717) is 13.0 Å². The highest BCUT2D eigenvalue weighted by Gasteiger charge is 2.19. The second-order valence-electron chi connectivity index (χ2n) is 3.73. The lowest BCUT2D eigenvalue weighted by molar-refractivity contribution is -0.126. The largest absolute Gasteiger partial charge is 0.370 e. The summed E-state index contributed by atoms with van der Waals surface area (Å²) in [7, 11) is 0. The van der Waals surface area contributed by atoms with Crippen LogP contribution in [0.4, 0.5) is 0 Å². The number of hydrogen-bond donors (Lipinski definition) is 2. The van der Waals surface area contributed by atoms with Crippen LogP contribution in [0.3, 0.4) is 0 Å². The van der Waals surface area contributed by atoms with E-state index in [0.717, 1.165) is 0 Å². The van der Waals surface area contributed by atoms with Gasteiger partial charge in [-0.05, 0) is 0 Å². The summed E-state index contributed by atoms with van der Waals surface area (Å²) in [6.07, 6.45) is 0.404. The third-order valence-electron chi connectivity index (χ3n) is 1.47. The summed E-state index contributed by atoms with van der Waals surface area (Å²) in [5, 5.41) is 0. The molecule has 0 radical (unpaired) electrons. The van der Waals surface area contributed by atoms with E-state index < -0.39 is 0 Å². The molecule has 0 bridgehead atoms. The fourth-order valence-corrected chi connectivity index (χ4v) is 0.662. The van der Waals surface area contributed by atoms with Crippen molar-refractivity contribution in [2.75, 3.05) is 6.54 Å². The second kappa shape index (κ2) is 4.09. The van der Waals surface area contributed by atoms with E-state index in [1.807, 2.05) is 20.8 Å². The lowest BCUT2D eigenvalue weighted by Crippen LogP contribution is -2.25. The maximum absolute atomic E-state index is 11.3. The molecular formula is C8H17N3O. The highest BCUT2D eigenvalue weighted by Crippen LogP contribution is 2.16. The summed E-state index contributed by atoms with van der Waals surface area (Å²) >= 11 is 0. The Morgan fingerprint density at radius 1 is 1.33 bits per heavy atom. The van der Waals surface area contributed by atoms with Crippen LogP contribution in [0.25, 0.3) is 0 Å². The van der Waals surface area contributed by atoms with Crippen LogP contribution in [-0.4, -0.2) is 18.3 Å². The van der Waals surface area contributed by atoms with E-state index in [9.17, 15) is 4.79 Å². The van der Waals surface area contributed by atoms with Crippen LogP contribution in [0.15, 0.2) is 4.99 Å². The first-order chi connectivity index (χ1) is 5.34. The molecule has 0 aliphatic carbocycles. The minimum absolute atomic E-state index is 0.0386. The van der Waals surface area contributed by atoms with Crippen molar-refractivity contribution in [2.45, 2.75) is 27.2 Å². The van der Waals surface area contributed by atoms with Crippen molar-refractivity contribution in [2.24, 2.45) is 21.9 Å². The first kappa shape index (κ1) is 10.9. The Bertz CT molecular complexity index is 187. The molecule has 0 amide bonds. The van der Waals surface area contributed by atoms with E-state index in [2.05, 4.69) is 4.99 Å². The normalized spacial score (nSPS) is 10.9. The number of rotatable bonds is 3. The maximum Gasteiger partial charge on any atom is 0.185 e. The zero-order chi connectivity index (χ0) is 9.78. The molecule has 0 aromatic heterocycles. The van der Waals surface area contributed by atoms with Gasteiger partial charge < -0.3 is 11.5 Å². The predicted octanol–water partition coefficient (Wildman–Crippen LogP) is 0.265. The number of aliphatic imine (C=N–C) groups is 1. The molecule has 0 saturated heterocycles. The number of carbonyl (C=O) groups is 1. The van der Waals surface area contributed by atoms with Gasteiger partial charge in [-0.2, -0.15) is 0 Å². The fourth-order valence-electron chi connectivity index (χ4n) is 0.662. The Morgan fingerprint density at radius 3 is 2.17 bits per heavy atom. The Labute approximate surface area is 73.0 Å². The lowest BCUT2D eigenvalue weighted by Gasteiger charge is -2.15. The predicted molar refractivity (Wildman–Crippen MR) is 49.8 cm³/mol. The molecule has 0 unspecified atom stereocenters. The summed E-state index contributed by atoms with van der Waals surface area (Å²) in [6.45, 7) is 6.03. The Balaban J connectivity index is 3.82. The fraction of sp³-hybridized carbons (Fsp3) is 0.750. The molecule has 0 rings (SSSR count). The Kier molecular flexibility index (Phi) is 3.73. The topological polar surface area (TPSA) is 81.5 Å². The molecule has 0 atom stereocenters. The third kappa shape index (κ3) is 4.71. The van der Waals surface area contributed by atoms with Gasteiger partial charge in [-0.3, -0.25) is 9.79 Å². The Hall–Kier alpha value is -1.06. The van der Waals surface area contributed by atoms with Gasteiger partial charge in [-0.15, -0.1) is 0 Å². The molecule has 4 heteroatoms. The Morgan fingerprint density at radius 2 is 1.83 bits per heavy atom. The van der Waals surface area contributed by atoms with Gasteiger partial charge in [-0.1, -0.05) is 20.8 Å². The van der Waals surface area contributed by atoms with Crippen LogP contribution in [0.1, 0.15) is 27.2 Å². The lowest BCUT2D eigenvalue weighted by atomic mass is 9.89. The van der Waals surface area contributed by atoms with Crippen molar-refractivity contribution in [1.82, 2.24) is 0 Å². The number of hydrogen-bond acceptors (Lipinski definition) is 2. The number of carbonyl (C=O) groups excluding carboxylic acids is 1. The molecule has 0 aromatic rings. The maximum atomic E-state index is 11.3. The number of ketones is 1. The average molecular weight is 171 g/mol. The molecule has 0 heterocycles. The van der Waals surface area contributed by atoms with Crippen LogP contribution in [0.5, 0.6) is 0 Å². The molecule has 0 aromatic carbocycles. The van der Waals surface area contributed by atoms with Crippen molar-refractivity contribution >= 4 is 11.7 Å². The molecule has 4 nitrogen and oxygen atoms in total. The van der Waals surface area contributed by atoms with Gasteiger partial charge in [-0.25, -0.2) is 0 Å². The number of guanidine groups is 1. The molecule has 0 aliphatic heterocycles. The quantitative estimate of drug-likeness (QED) is 0.472. The van der Waals surface area contributed by atoms with Crippen molar-refractivity contribution in [3.8, 4) is 0 Å². The summed E-state index contributed by atoms with van der Waals surface area (Å²) in [5.74, 6) is 0.212. The van der Waals surface area contributed by atoms with Gasteiger partial charge >= 0.3 is 0 Å². The summed E-state index contributed by atoms with van der Waals surface area (Å²) < 4.78 is 0. The van der Waals surface area contributed by atoms with Crippen LogP contribution >= 0.6 is 0 Å². The zero-order valence-corrected chi connectivity index (χ0v) is 7.92. The molecule has 0 spiro atoms. The molecular weight excluding hydrogens is 154 g/mol. The van der Waals surface area contributed by atoms with Crippen molar-refractivity contribution in [3.63, 3.8) is 0 Å². The van der Waals surface area contributed by atoms with Crippen LogP contribution in [0.2, 0.25) is 0 Å². The van der Waals surface area contributed by atoms with E-state index in [1.165, 1.54) is 0 Å². The molecule has 0 fully saturated rings. The van der Waals surface area contributed by atoms with Crippen molar-refractivity contribution in [3.05, 3.63) is 0 Å². The molecule has 0 saturated carbocycles. The monoisotopic (exact) mass is 171 g/mol.